The van der Waals surface area contributed by atoms with Crippen molar-refractivity contribution in [3.05, 3.63) is 224 Å². The molecule has 0 unspecified atom stereocenters. The van der Waals surface area contributed by atoms with Crippen LogP contribution in [-0.2, 0) is 0 Å². The maximum absolute atomic E-state index is 9.92. The summed E-state index contributed by atoms with van der Waals surface area (Å²) < 4.78 is 79.6. The molecule has 0 aliphatic rings. The molecule has 0 saturated carbocycles. The molecule has 0 bridgehead atoms. The number of anilines is 3. The highest BCUT2D eigenvalue weighted by Crippen LogP contribution is 2.48. The van der Waals surface area contributed by atoms with Gasteiger partial charge in [-0.25, -0.2) is 0 Å². The van der Waals surface area contributed by atoms with Crippen LogP contribution in [0.2, 0.25) is 0 Å². The fourth-order valence-electron chi connectivity index (χ4n) is 7.45. The second kappa shape index (κ2) is 14.7. The first-order valence-electron chi connectivity index (χ1n) is 22.5. The molecule has 9 aromatic carbocycles. The number of nitrogens with zero attached hydrogens (tertiary/aromatic N) is 1. The number of benzene rings is 9. The number of fused-ring (bicyclic) bond motifs is 3. The van der Waals surface area contributed by atoms with Crippen LogP contribution in [0.4, 0.5) is 17.1 Å². The highest BCUT2D eigenvalue weighted by Gasteiger charge is 2.23. The lowest BCUT2D eigenvalue weighted by molar-refractivity contribution is 1.28. The van der Waals surface area contributed by atoms with Gasteiger partial charge in [-0.1, -0.05) is 188 Å². The lowest BCUT2D eigenvalue weighted by Gasteiger charge is -2.30. The lowest BCUT2D eigenvalue weighted by Crippen LogP contribution is -2.12. The summed E-state index contributed by atoms with van der Waals surface area (Å²) in [4.78, 5) is 1.43. The summed E-state index contributed by atoms with van der Waals surface area (Å²) >= 11 is 1.53. The second-order valence-corrected chi connectivity index (χ2v) is 14.5. The van der Waals surface area contributed by atoms with E-state index in [9.17, 15) is 11.0 Å². The van der Waals surface area contributed by atoms with Crippen molar-refractivity contribution < 1.29 is 11.0 Å². The molecule has 0 N–H and O–H groups in total. The maximum atomic E-state index is 9.92. The summed E-state index contributed by atoms with van der Waals surface area (Å²) in [6, 6.07) is 52.9. The van der Waals surface area contributed by atoms with Crippen LogP contribution in [0.25, 0.3) is 75.8 Å². The third-order valence-electron chi connectivity index (χ3n) is 10.1. The minimum atomic E-state index is -0.400. The van der Waals surface area contributed by atoms with E-state index in [1.54, 1.807) is 30.3 Å². The molecule has 1 aromatic heterocycles. The van der Waals surface area contributed by atoms with Gasteiger partial charge in [0.25, 0.3) is 0 Å². The predicted octanol–water partition coefficient (Wildman–Crippen LogP) is 15.9. The van der Waals surface area contributed by atoms with E-state index >= 15 is 0 Å². The second-order valence-electron chi connectivity index (χ2n) is 13.4. The van der Waals surface area contributed by atoms with Gasteiger partial charge in [0.2, 0.25) is 0 Å². The smallest absolute Gasteiger partial charge is 0.0645 e. The van der Waals surface area contributed by atoms with E-state index in [1.807, 2.05) is 146 Å². The summed E-state index contributed by atoms with van der Waals surface area (Å²) in [5.74, 6) is 0. The minimum absolute atomic E-state index is 0.110. The topological polar surface area (TPSA) is 3.24 Å². The third kappa shape index (κ3) is 6.17. The van der Waals surface area contributed by atoms with Gasteiger partial charge in [-0.05, 0) is 86.4 Å². The number of hydrogen-bond donors (Lipinski definition) is 0. The molecule has 0 fully saturated rings. The van der Waals surface area contributed by atoms with Crippen molar-refractivity contribution in [2.45, 2.75) is 0 Å². The Balaban J connectivity index is 1.33. The Morgan fingerprint density at radius 2 is 0.821 bits per heavy atom. The molecular formula is C54H37NS. The molecule has 2 heteroatoms. The van der Waals surface area contributed by atoms with E-state index in [4.69, 9.17) is 0 Å². The molecule has 0 saturated heterocycles. The van der Waals surface area contributed by atoms with Gasteiger partial charge in [-0.15, -0.1) is 11.3 Å². The molecule has 1 nitrogen and oxygen atoms in total. The molecule has 0 atom stereocenters. The molecule has 1 heterocycles. The molecule has 0 aliphatic heterocycles. The van der Waals surface area contributed by atoms with Crippen molar-refractivity contribution in [3.63, 3.8) is 0 Å². The molecule has 10 rings (SSSR count). The fraction of sp³-hybridized carbons (Fsp3) is 0. The van der Waals surface area contributed by atoms with Crippen LogP contribution < -0.4 is 4.90 Å². The Hall–Kier alpha value is -7.00. The van der Waals surface area contributed by atoms with E-state index in [-0.39, 0.29) is 46.7 Å². The number of rotatable bonds is 8. The van der Waals surface area contributed by atoms with Crippen molar-refractivity contribution in [2.75, 3.05) is 4.90 Å². The number of thiophene rings is 1. The van der Waals surface area contributed by atoms with Gasteiger partial charge in [0.1, 0.15) is 0 Å². The van der Waals surface area contributed by atoms with E-state index in [0.717, 1.165) is 48.0 Å². The Labute approximate surface area is 343 Å². The fourth-order valence-corrected chi connectivity index (χ4v) is 8.68. The summed E-state index contributed by atoms with van der Waals surface area (Å²) in [6.45, 7) is 0. The van der Waals surface area contributed by atoms with Gasteiger partial charge < -0.3 is 4.90 Å². The van der Waals surface area contributed by atoms with Gasteiger partial charge in [0, 0.05) is 37.1 Å². The minimum Gasteiger partial charge on any atom is -0.310 e. The van der Waals surface area contributed by atoms with Crippen molar-refractivity contribution in [3.8, 4) is 55.6 Å². The van der Waals surface area contributed by atoms with Crippen LogP contribution in [0.3, 0.4) is 0 Å². The monoisotopic (exact) mass is 739 g/mol. The van der Waals surface area contributed by atoms with Gasteiger partial charge >= 0.3 is 0 Å². The zero-order chi connectivity index (χ0) is 44.2. The summed E-state index contributed by atoms with van der Waals surface area (Å²) in [6.07, 6.45) is 0. The zero-order valence-electron chi connectivity index (χ0n) is 38.1. The Kier molecular flexibility index (Phi) is 6.79. The predicted molar refractivity (Wildman–Crippen MR) is 241 cm³/mol. The van der Waals surface area contributed by atoms with Crippen molar-refractivity contribution >= 4 is 48.6 Å². The molecule has 10 aromatic rings. The highest BCUT2D eigenvalue weighted by atomic mass is 32.1. The Bertz CT molecular complexity index is 3370. The summed E-state index contributed by atoms with van der Waals surface area (Å²) in [7, 11) is 0. The van der Waals surface area contributed by atoms with Crippen molar-refractivity contribution in [2.24, 2.45) is 0 Å². The Morgan fingerprint density at radius 3 is 1.50 bits per heavy atom. The van der Waals surface area contributed by atoms with Crippen LogP contribution in [0, 0.1) is 0 Å². The SMILES string of the molecule is [2H]c1c([2H])c(N(c2cccc(-c3ccccc3)c2-c2ccccc2-c2ccccc2)c2c([2H])c([2H])c(-c3cccc4c3sc3ccccc34)c([2H])c2[2H])c([2H])c([2H])c1-c1ccccc1. The lowest BCUT2D eigenvalue weighted by atomic mass is 9.87. The normalized spacial score (nSPS) is 13.2. The van der Waals surface area contributed by atoms with E-state index in [2.05, 4.69) is 0 Å². The maximum Gasteiger partial charge on any atom is 0.0645 e. The number of hydrogen-bond acceptors (Lipinski definition) is 2. The first kappa shape index (κ1) is 25.9. The molecule has 0 amide bonds. The van der Waals surface area contributed by atoms with Gasteiger partial charge in [-0.3, -0.25) is 0 Å². The van der Waals surface area contributed by atoms with Crippen LogP contribution in [0.15, 0.2) is 224 Å². The standard InChI is InChI=1S/C54H37NS/c1-4-16-38(17-5-1)39-30-34-43(35-31-39)55(44-36-32-42(33-37-44)47-26-14-27-50-48-23-12-13-29-52(48)56-54(47)50)51-28-15-25-46(41-20-8-3-9-21-41)53(51)49-24-11-10-22-45(49)40-18-6-2-7-19-40/h1-37H/i30D,31D,32D,33D,34D,35D,36D,37D. The molecule has 0 aliphatic carbocycles. The third-order valence-corrected chi connectivity index (χ3v) is 11.3. The molecule has 0 radical (unpaired) electrons. The largest absolute Gasteiger partial charge is 0.310 e. The first-order chi connectivity index (χ1) is 31.2. The molecule has 0 spiro atoms. The molecule has 264 valence electrons. The zero-order valence-corrected chi connectivity index (χ0v) is 30.9. The van der Waals surface area contributed by atoms with Crippen LogP contribution in [0.5, 0.6) is 0 Å². The van der Waals surface area contributed by atoms with Crippen molar-refractivity contribution in [1.82, 2.24) is 0 Å². The van der Waals surface area contributed by atoms with E-state index < -0.39 is 24.2 Å². The van der Waals surface area contributed by atoms with Crippen LogP contribution >= 0.6 is 11.3 Å². The molecular weight excluding hydrogens is 695 g/mol. The average molecular weight is 740 g/mol. The van der Waals surface area contributed by atoms with Gasteiger partial charge in [0.15, 0.2) is 0 Å². The van der Waals surface area contributed by atoms with E-state index in [0.29, 0.717) is 22.4 Å². The highest BCUT2D eigenvalue weighted by molar-refractivity contribution is 7.26. The summed E-state index contributed by atoms with van der Waals surface area (Å²) in [5.41, 5.74) is 6.06. The van der Waals surface area contributed by atoms with Crippen LogP contribution in [-0.4, -0.2) is 0 Å². The molecule has 56 heavy (non-hydrogen) atoms. The van der Waals surface area contributed by atoms with Gasteiger partial charge in [-0.2, -0.15) is 0 Å². The van der Waals surface area contributed by atoms with Crippen molar-refractivity contribution in [1.29, 1.82) is 0 Å². The van der Waals surface area contributed by atoms with Crippen LogP contribution in [0.1, 0.15) is 11.0 Å². The first-order valence-corrected chi connectivity index (χ1v) is 19.3. The van der Waals surface area contributed by atoms with E-state index in [1.165, 1.54) is 16.2 Å². The quantitative estimate of drug-likeness (QED) is 0.150. The van der Waals surface area contributed by atoms with Gasteiger partial charge in [0.05, 0.1) is 16.7 Å². The average Bonchev–Trinajstić information content (AvgIpc) is 3.73. The summed E-state index contributed by atoms with van der Waals surface area (Å²) in [5, 5.41) is 1.98. The Morgan fingerprint density at radius 1 is 0.339 bits per heavy atom.